The Kier molecular flexibility index (Phi) is 2.54. The molecule has 8 nitrogen and oxygen atoms in total. The number of rotatable bonds is 4. The van der Waals surface area contributed by atoms with Crippen LogP contribution in [0.15, 0.2) is 6.33 Å². The van der Waals surface area contributed by atoms with Crippen molar-refractivity contribution in [3.8, 4) is 0 Å². The first-order chi connectivity index (χ1) is 8.74. The lowest BCUT2D eigenvalue weighted by Crippen LogP contribution is -2.25. The summed E-state index contributed by atoms with van der Waals surface area (Å²) >= 11 is 0. The molecule has 0 radical (unpaired) electrons. The van der Waals surface area contributed by atoms with E-state index >= 15 is 0 Å². The molecule has 0 aromatic carbocycles. The van der Waals surface area contributed by atoms with Gasteiger partial charge in [-0.25, -0.2) is 4.98 Å². The van der Waals surface area contributed by atoms with Crippen LogP contribution in [0.2, 0.25) is 0 Å². The highest BCUT2D eigenvalue weighted by Crippen LogP contribution is 2.37. The normalized spacial score (nSPS) is 14.7. The predicted molar refractivity (Wildman–Crippen MR) is 60.5 cm³/mol. The Labute approximate surface area is 103 Å². The quantitative estimate of drug-likeness (QED) is 0.775. The fourth-order valence-corrected chi connectivity index (χ4v) is 1.62. The van der Waals surface area contributed by atoms with Crippen molar-refractivity contribution in [2.24, 2.45) is 7.05 Å². The number of amides is 1. The second kappa shape index (κ2) is 4.21. The second-order valence-electron chi connectivity index (χ2n) is 4.36. The van der Waals surface area contributed by atoms with Crippen LogP contribution in [0.5, 0.6) is 0 Å². The van der Waals surface area contributed by atoms with Gasteiger partial charge in [0.15, 0.2) is 5.82 Å². The zero-order chi connectivity index (χ0) is 12.5. The lowest BCUT2D eigenvalue weighted by atomic mass is 10.4. The average molecular weight is 247 g/mol. The van der Waals surface area contributed by atoms with E-state index in [1.54, 1.807) is 10.9 Å². The molecule has 1 amide bonds. The van der Waals surface area contributed by atoms with Gasteiger partial charge in [-0.15, -0.1) is 15.3 Å². The maximum absolute atomic E-state index is 11.8. The van der Waals surface area contributed by atoms with Crippen LogP contribution in [-0.2, 0) is 13.6 Å². The third-order valence-corrected chi connectivity index (χ3v) is 2.88. The minimum atomic E-state index is -0.304. The SMILES string of the molecule is Cn1cnnc1CNC(=O)c1n[nH]c(C2CC2)n1. The van der Waals surface area contributed by atoms with Gasteiger partial charge in [-0.05, 0) is 12.8 Å². The van der Waals surface area contributed by atoms with Crippen molar-refractivity contribution in [1.82, 2.24) is 35.3 Å². The smallest absolute Gasteiger partial charge is 0.291 e. The van der Waals surface area contributed by atoms with Gasteiger partial charge in [0.1, 0.15) is 12.2 Å². The highest BCUT2D eigenvalue weighted by Gasteiger charge is 2.28. The van der Waals surface area contributed by atoms with Crippen molar-refractivity contribution < 1.29 is 4.79 Å². The number of nitrogens with zero attached hydrogens (tertiary/aromatic N) is 5. The van der Waals surface area contributed by atoms with Gasteiger partial charge in [-0.2, -0.15) is 0 Å². The Bertz CT molecular complexity index is 568. The summed E-state index contributed by atoms with van der Waals surface area (Å²) in [5, 5.41) is 17.0. The molecule has 0 unspecified atom stereocenters. The van der Waals surface area contributed by atoms with Crippen molar-refractivity contribution in [1.29, 1.82) is 0 Å². The molecule has 2 aromatic heterocycles. The van der Waals surface area contributed by atoms with E-state index in [1.165, 1.54) is 0 Å². The largest absolute Gasteiger partial charge is 0.342 e. The predicted octanol–water partition coefficient (Wildman–Crippen LogP) is -0.259. The Balaban J connectivity index is 1.62. The molecule has 94 valence electrons. The summed E-state index contributed by atoms with van der Waals surface area (Å²) in [6.45, 7) is 0.308. The van der Waals surface area contributed by atoms with E-state index in [9.17, 15) is 4.79 Å². The van der Waals surface area contributed by atoms with Crippen LogP contribution in [-0.4, -0.2) is 35.9 Å². The number of nitrogens with one attached hydrogen (secondary N) is 2. The monoisotopic (exact) mass is 247 g/mol. The molecule has 3 rings (SSSR count). The van der Waals surface area contributed by atoms with Crippen molar-refractivity contribution in [3.63, 3.8) is 0 Å². The molecular formula is C10H13N7O. The van der Waals surface area contributed by atoms with Crippen LogP contribution in [0.4, 0.5) is 0 Å². The summed E-state index contributed by atoms with van der Waals surface area (Å²) < 4.78 is 1.74. The molecule has 2 aromatic rings. The third-order valence-electron chi connectivity index (χ3n) is 2.88. The molecule has 0 spiro atoms. The first kappa shape index (κ1) is 10.9. The van der Waals surface area contributed by atoms with Gasteiger partial charge in [0.05, 0.1) is 6.54 Å². The summed E-state index contributed by atoms with van der Waals surface area (Å²) in [4.78, 5) is 16.0. The molecule has 1 saturated carbocycles. The van der Waals surface area contributed by atoms with Crippen LogP contribution >= 0.6 is 0 Å². The molecule has 0 atom stereocenters. The second-order valence-corrected chi connectivity index (χ2v) is 4.36. The lowest BCUT2D eigenvalue weighted by molar-refractivity contribution is 0.0939. The van der Waals surface area contributed by atoms with Crippen molar-refractivity contribution in [3.05, 3.63) is 23.8 Å². The zero-order valence-corrected chi connectivity index (χ0v) is 9.92. The number of carbonyl (C=O) groups is 1. The molecule has 0 saturated heterocycles. The molecule has 2 heterocycles. The van der Waals surface area contributed by atoms with E-state index in [2.05, 4.69) is 30.7 Å². The number of aryl methyl sites for hydroxylation is 1. The maximum atomic E-state index is 11.8. The molecular weight excluding hydrogens is 234 g/mol. The van der Waals surface area contributed by atoms with Gasteiger partial charge in [0.2, 0.25) is 5.82 Å². The first-order valence-corrected chi connectivity index (χ1v) is 5.77. The van der Waals surface area contributed by atoms with E-state index in [1.807, 2.05) is 7.05 Å². The van der Waals surface area contributed by atoms with E-state index in [0.717, 1.165) is 18.7 Å². The summed E-state index contributed by atoms with van der Waals surface area (Å²) in [5.74, 6) is 1.82. The van der Waals surface area contributed by atoms with Crippen LogP contribution in [0.25, 0.3) is 0 Å². The molecule has 0 bridgehead atoms. The van der Waals surface area contributed by atoms with Gasteiger partial charge >= 0.3 is 0 Å². The van der Waals surface area contributed by atoms with Crippen LogP contribution in [0, 0.1) is 0 Å². The van der Waals surface area contributed by atoms with Gasteiger partial charge in [0.25, 0.3) is 5.91 Å². The minimum absolute atomic E-state index is 0.180. The summed E-state index contributed by atoms with van der Waals surface area (Å²) in [6, 6.07) is 0. The van der Waals surface area contributed by atoms with E-state index < -0.39 is 0 Å². The zero-order valence-electron chi connectivity index (χ0n) is 9.92. The van der Waals surface area contributed by atoms with E-state index in [-0.39, 0.29) is 11.7 Å². The van der Waals surface area contributed by atoms with Crippen molar-refractivity contribution in [2.45, 2.75) is 25.3 Å². The molecule has 1 aliphatic carbocycles. The number of aromatic nitrogens is 6. The summed E-state index contributed by atoms with van der Waals surface area (Å²) in [6.07, 6.45) is 3.82. The minimum Gasteiger partial charge on any atom is -0.342 e. The average Bonchev–Trinajstić information content (AvgIpc) is 2.95. The Hall–Kier alpha value is -2.25. The molecule has 18 heavy (non-hydrogen) atoms. The molecule has 2 N–H and O–H groups in total. The molecule has 8 heteroatoms. The van der Waals surface area contributed by atoms with Gasteiger partial charge in [-0.3, -0.25) is 9.89 Å². The fraction of sp³-hybridized carbons (Fsp3) is 0.500. The van der Waals surface area contributed by atoms with Gasteiger partial charge in [0, 0.05) is 13.0 Å². The Morgan fingerprint density at radius 3 is 3.11 bits per heavy atom. The van der Waals surface area contributed by atoms with Gasteiger partial charge < -0.3 is 9.88 Å². The Morgan fingerprint density at radius 2 is 2.44 bits per heavy atom. The number of hydrogen-bond donors (Lipinski definition) is 2. The van der Waals surface area contributed by atoms with Crippen LogP contribution < -0.4 is 5.32 Å². The summed E-state index contributed by atoms with van der Waals surface area (Å²) in [5.41, 5.74) is 0. The number of H-pyrrole nitrogens is 1. The third kappa shape index (κ3) is 2.08. The lowest BCUT2D eigenvalue weighted by Gasteiger charge is -2.01. The number of hydrogen-bond acceptors (Lipinski definition) is 5. The van der Waals surface area contributed by atoms with Crippen LogP contribution in [0.1, 0.15) is 41.0 Å². The molecule has 1 aliphatic rings. The molecule has 0 aliphatic heterocycles. The van der Waals surface area contributed by atoms with Gasteiger partial charge in [-0.1, -0.05) is 0 Å². The fourth-order valence-electron chi connectivity index (χ4n) is 1.62. The maximum Gasteiger partial charge on any atom is 0.291 e. The van der Waals surface area contributed by atoms with Crippen molar-refractivity contribution in [2.75, 3.05) is 0 Å². The van der Waals surface area contributed by atoms with E-state index in [4.69, 9.17) is 0 Å². The standard InChI is InChI=1S/C10H13N7O/c1-17-5-12-14-7(17)4-11-10(18)9-13-8(15-16-9)6-2-3-6/h5-6H,2-4H2,1H3,(H,11,18)(H,13,15,16). The number of aromatic amines is 1. The number of carbonyl (C=O) groups excluding carboxylic acids is 1. The summed E-state index contributed by atoms with van der Waals surface area (Å²) in [7, 11) is 1.82. The highest BCUT2D eigenvalue weighted by molar-refractivity contribution is 5.90. The highest BCUT2D eigenvalue weighted by atomic mass is 16.2. The van der Waals surface area contributed by atoms with Crippen molar-refractivity contribution >= 4 is 5.91 Å². The molecule has 1 fully saturated rings. The first-order valence-electron chi connectivity index (χ1n) is 5.77. The van der Waals surface area contributed by atoms with E-state index in [0.29, 0.717) is 18.3 Å². The Morgan fingerprint density at radius 1 is 1.61 bits per heavy atom. The van der Waals surface area contributed by atoms with Crippen LogP contribution in [0.3, 0.4) is 0 Å². The topological polar surface area (TPSA) is 101 Å².